The molecule has 204 valence electrons. The predicted molar refractivity (Wildman–Crippen MR) is 152 cm³/mol. The number of benzene rings is 1. The molecule has 0 spiro atoms. The normalized spacial score (nSPS) is 21.8. The van der Waals surface area contributed by atoms with Crippen molar-refractivity contribution < 1.29 is 0 Å². The number of hydrogen-bond acceptors (Lipinski definition) is 8. The van der Waals surface area contributed by atoms with E-state index in [-0.39, 0.29) is 5.54 Å². The maximum Gasteiger partial charge on any atom is 0.141 e. The fraction of sp³-hybridized carbons (Fsp3) is 0.433. The summed E-state index contributed by atoms with van der Waals surface area (Å²) in [5.74, 6) is 0. The monoisotopic (exact) mass is 534 g/mol. The third-order valence-corrected chi connectivity index (χ3v) is 8.35. The lowest BCUT2D eigenvalue weighted by Crippen LogP contribution is -2.60. The van der Waals surface area contributed by atoms with E-state index in [0.29, 0.717) is 12.5 Å². The molecular formula is C30H34N10. The number of rotatable bonds is 8. The molecule has 4 aromatic rings. The van der Waals surface area contributed by atoms with Gasteiger partial charge in [0.25, 0.3) is 0 Å². The number of hydrogen-bond donors (Lipinski definition) is 1. The summed E-state index contributed by atoms with van der Waals surface area (Å²) in [4.78, 5) is 19.1. The van der Waals surface area contributed by atoms with Crippen LogP contribution in [0.25, 0.3) is 22.3 Å². The van der Waals surface area contributed by atoms with Gasteiger partial charge in [-0.15, -0.1) is 0 Å². The Kier molecular flexibility index (Phi) is 7.07. The second-order valence-electron chi connectivity index (χ2n) is 11.5. The molecule has 4 heterocycles. The van der Waals surface area contributed by atoms with Gasteiger partial charge < -0.3 is 9.88 Å². The summed E-state index contributed by atoms with van der Waals surface area (Å²) in [5.41, 5.74) is 5.44. The Labute approximate surface area is 234 Å². The molecule has 0 amide bonds. The van der Waals surface area contributed by atoms with E-state index in [1.807, 2.05) is 55.6 Å². The third kappa shape index (κ3) is 5.09. The molecule has 1 aliphatic heterocycles. The fourth-order valence-electron chi connectivity index (χ4n) is 6.36. The standard InChI is InChI=1S/C30H34N10/c1-37(2)18-23-11-22(16-32)12-24(13-23)19-38-7-9-39(10-8-38)26-14-30(15-26,4-5-31)40-20-25(17-36-40)28-27-3-6-33-29(27)35-21-34-28/h3,6,11-13,17,20-21,26H,4,7-10,14-15,18-19H2,1-2H3,(H,33,34,35). The van der Waals surface area contributed by atoms with E-state index in [9.17, 15) is 10.5 Å². The van der Waals surface area contributed by atoms with Crippen LogP contribution in [-0.4, -0.2) is 85.7 Å². The van der Waals surface area contributed by atoms with Crippen LogP contribution in [0.2, 0.25) is 0 Å². The number of piperazine rings is 1. The van der Waals surface area contributed by atoms with Crippen molar-refractivity contribution in [2.75, 3.05) is 40.3 Å². The number of nitrogens with one attached hydrogen (secondary N) is 1. The molecule has 1 saturated carbocycles. The van der Waals surface area contributed by atoms with Gasteiger partial charge in [0, 0.05) is 68.7 Å². The molecule has 0 radical (unpaired) electrons. The maximum absolute atomic E-state index is 9.68. The van der Waals surface area contributed by atoms with E-state index in [1.54, 1.807) is 6.33 Å². The summed E-state index contributed by atoms with van der Waals surface area (Å²) in [5, 5.41) is 24.9. The summed E-state index contributed by atoms with van der Waals surface area (Å²) < 4.78 is 2.01. The van der Waals surface area contributed by atoms with Crippen molar-refractivity contribution in [3.05, 3.63) is 65.9 Å². The van der Waals surface area contributed by atoms with E-state index in [2.05, 4.69) is 47.9 Å². The molecule has 1 saturated heterocycles. The van der Waals surface area contributed by atoms with Crippen molar-refractivity contribution in [2.45, 2.75) is 43.9 Å². The number of nitriles is 2. The van der Waals surface area contributed by atoms with Crippen LogP contribution in [-0.2, 0) is 18.6 Å². The molecule has 1 N–H and O–H groups in total. The number of nitrogens with zero attached hydrogens (tertiary/aromatic N) is 9. The Hall–Kier alpha value is -4.09. The minimum Gasteiger partial charge on any atom is -0.346 e. The van der Waals surface area contributed by atoms with E-state index >= 15 is 0 Å². The van der Waals surface area contributed by atoms with Crippen molar-refractivity contribution in [3.63, 3.8) is 0 Å². The Morgan fingerprint density at radius 3 is 2.62 bits per heavy atom. The predicted octanol–water partition coefficient (Wildman–Crippen LogP) is 3.34. The molecule has 10 nitrogen and oxygen atoms in total. The quantitative estimate of drug-likeness (QED) is 0.366. The molecule has 6 rings (SSSR count). The van der Waals surface area contributed by atoms with Gasteiger partial charge in [0.05, 0.1) is 41.6 Å². The van der Waals surface area contributed by atoms with Crippen LogP contribution in [0.1, 0.15) is 36.0 Å². The minimum absolute atomic E-state index is 0.278. The van der Waals surface area contributed by atoms with Crippen LogP contribution in [0.15, 0.2) is 49.2 Å². The van der Waals surface area contributed by atoms with E-state index in [4.69, 9.17) is 5.10 Å². The average molecular weight is 535 g/mol. The zero-order valence-electron chi connectivity index (χ0n) is 23.1. The first kappa shape index (κ1) is 26.1. The van der Waals surface area contributed by atoms with Crippen molar-refractivity contribution >= 4 is 11.0 Å². The highest BCUT2D eigenvalue weighted by molar-refractivity contribution is 5.90. The summed E-state index contributed by atoms with van der Waals surface area (Å²) in [6, 6.07) is 13.4. The summed E-state index contributed by atoms with van der Waals surface area (Å²) in [6.45, 7) is 5.69. The zero-order chi connectivity index (χ0) is 27.7. The Morgan fingerprint density at radius 1 is 1.07 bits per heavy atom. The second-order valence-corrected chi connectivity index (χ2v) is 11.5. The molecular weight excluding hydrogens is 500 g/mol. The van der Waals surface area contributed by atoms with Gasteiger partial charge in [-0.2, -0.15) is 15.6 Å². The molecule has 1 aromatic carbocycles. The smallest absolute Gasteiger partial charge is 0.141 e. The molecule has 0 unspecified atom stereocenters. The average Bonchev–Trinajstić information content (AvgIpc) is 3.61. The lowest BCUT2D eigenvalue weighted by atomic mass is 9.70. The zero-order valence-corrected chi connectivity index (χ0v) is 23.1. The second kappa shape index (κ2) is 10.8. The molecule has 0 atom stereocenters. The first-order chi connectivity index (χ1) is 19.5. The molecule has 40 heavy (non-hydrogen) atoms. The van der Waals surface area contributed by atoms with Gasteiger partial charge in [0.1, 0.15) is 12.0 Å². The Bertz CT molecular complexity index is 1570. The van der Waals surface area contributed by atoms with Crippen LogP contribution < -0.4 is 0 Å². The summed E-state index contributed by atoms with van der Waals surface area (Å²) in [7, 11) is 4.10. The van der Waals surface area contributed by atoms with Crippen molar-refractivity contribution in [1.29, 1.82) is 10.5 Å². The summed E-state index contributed by atoms with van der Waals surface area (Å²) in [6.07, 6.45) is 9.61. The van der Waals surface area contributed by atoms with E-state index < -0.39 is 0 Å². The highest BCUT2D eigenvalue weighted by Crippen LogP contribution is 2.45. The SMILES string of the molecule is CN(C)Cc1cc(C#N)cc(CN2CCN(C3CC(CC#N)(n4cc(-c5ncnc6[nH]ccc56)cn4)C3)CC2)c1. The Morgan fingerprint density at radius 2 is 1.88 bits per heavy atom. The van der Waals surface area contributed by atoms with E-state index in [0.717, 1.165) is 80.0 Å². The molecule has 1 aliphatic carbocycles. The van der Waals surface area contributed by atoms with Crippen LogP contribution in [0.3, 0.4) is 0 Å². The third-order valence-electron chi connectivity index (χ3n) is 8.35. The topological polar surface area (TPSA) is 117 Å². The number of H-pyrrole nitrogens is 1. The van der Waals surface area contributed by atoms with Crippen LogP contribution in [0, 0.1) is 22.7 Å². The summed E-state index contributed by atoms with van der Waals surface area (Å²) >= 11 is 0. The Balaban J connectivity index is 1.09. The van der Waals surface area contributed by atoms with Crippen molar-refractivity contribution in [1.82, 2.24) is 39.4 Å². The largest absolute Gasteiger partial charge is 0.346 e. The lowest BCUT2D eigenvalue weighted by Gasteiger charge is -2.52. The van der Waals surface area contributed by atoms with Crippen LogP contribution in [0.5, 0.6) is 0 Å². The van der Waals surface area contributed by atoms with Gasteiger partial charge in [-0.1, -0.05) is 6.07 Å². The van der Waals surface area contributed by atoms with E-state index in [1.165, 1.54) is 11.1 Å². The van der Waals surface area contributed by atoms with Gasteiger partial charge in [0.2, 0.25) is 0 Å². The van der Waals surface area contributed by atoms with Gasteiger partial charge >= 0.3 is 0 Å². The molecule has 2 aliphatic rings. The van der Waals surface area contributed by atoms with Gasteiger partial charge in [-0.3, -0.25) is 14.5 Å². The fourth-order valence-corrected chi connectivity index (χ4v) is 6.36. The van der Waals surface area contributed by atoms with Gasteiger partial charge in [-0.25, -0.2) is 9.97 Å². The number of fused-ring (bicyclic) bond motifs is 1. The van der Waals surface area contributed by atoms with Crippen molar-refractivity contribution in [3.8, 4) is 23.4 Å². The number of aromatic nitrogens is 5. The molecule has 2 fully saturated rings. The van der Waals surface area contributed by atoms with Crippen molar-refractivity contribution in [2.24, 2.45) is 0 Å². The first-order valence-electron chi connectivity index (χ1n) is 13.8. The van der Waals surface area contributed by atoms with Gasteiger partial charge in [-0.05, 0) is 56.3 Å². The maximum atomic E-state index is 9.68. The molecule has 3 aromatic heterocycles. The lowest BCUT2D eigenvalue weighted by molar-refractivity contribution is -0.0191. The van der Waals surface area contributed by atoms with Crippen LogP contribution in [0.4, 0.5) is 0 Å². The molecule has 0 bridgehead atoms. The number of aromatic amines is 1. The van der Waals surface area contributed by atoms with Crippen LogP contribution >= 0.6 is 0 Å². The first-order valence-corrected chi connectivity index (χ1v) is 13.8. The molecule has 10 heteroatoms. The highest BCUT2D eigenvalue weighted by atomic mass is 15.4. The highest BCUT2D eigenvalue weighted by Gasteiger charge is 2.49. The minimum atomic E-state index is -0.278. The van der Waals surface area contributed by atoms with Gasteiger partial charge in [0.15, 0.2) is 0 Å².